The third-order valence-corrected chi connectivity index (χ3v) is 3.30. The molecule has 0 radical (unpaired) electrons. The van der Waals surface area contributed by atoms with Gasteiger partial charge in [0.05, 0.1) is 0 Å². The minimum Gasteiger partial charge on any atom is -0.406 e. The summed E-state index contributed by atoms with van der Waals surface area (Å²) in [6, 6.07) is 4.12. The molecule has 1 aromatic carbocycles. The molecule has 2 rings (SSSR count). The van der Waals surface area contributed by atoms with E-state index in [1.165, 1.54) is 12.1 Å². The molecular weight excluding hydrogens is 311 g/mol. The lowest BCUT2D eigenvalue weighted by Crippen LogP contribution is -2.18. The second-order valence-corrected chi connectivity index (χ2v) is 5.47. The number of halogens is 4. The number of nitrogens with two attached hydrogens (primary N) is 1. The molecule has 0 amide bonds. The van der Waals surface area contributed by atoms with E-state index in [1.54, 1.807) is 6.07 Å². The summed E-state index contributed by atoms with van der Waals surface area (Å²) in [5.41, 5.74) is 6.64. The Bertz CT molecular complexity index is 432. The minimum atomic E-state index is -4.68. The first kappa shape index (κ1) is 13.7. The van der Waals surface area contributed by atoms with Crippen LogP contribution in [0.25, 0.3) is 0 Å². The van der Waals surface area contributed by atoms with Gasteiger partial charge in [-0.2, -0.15) is 0 Å². The molecule has 1 atom stereocenters. The molecule has 0 spiro atoms. The van der Waals surface area contributed by atoms with Crippen LogP contribution in [0.4, 0.5) is 13.2 Å². The first-order valence-corrected chi connectivity index (χ1v) is 6.44. The van der Waals surface area contributed by atoms with Crippen LogP contribution in [0.3, 0.4) is 0 Å². The van der Waals surface area contributed by atoms with Crippen molar-refractivity contribution in [3.63, 3.8) is 0 Å². The average Bonchev–Trinajstić information content (AvgIpc) is 2.97. The number of ether oxygens (including phenoxy) is 1. The third kappa shape index (κ3) is 4.17. The third-order valence-electron chi connectivity index (χ3n) is 2.84. The minimum absolute atomic E-state index is 0.238. The maximum absolute atomic E-state index is 12.2. The highest BCUT2D eigenvalue weighted by Gasteiger charge is 2.31. The Labute approximate surface area is 111 Å². The van der Waals surface area contributed by atoms with Crippen molar-refractivity contribution >= 4 is 15.9 Å². The molecule has 0 aliphatic heterocycles. The van der Waals surface area contributed by atoms with Crippen LogP contribution in [0, 0.1) is 5.92 Å². The van der Waals surface area contributed by atoms with E-state index < -0.39 is 6.36 Å². The lowest BCUT2D eigenvalue weighted by molar-refractivity contribution is -0.274. The molecule has 1 fully saturated rings. The second kappa shape index (κ2) is 5.09. The van der Waals surface area contributed by atoms with Gasteiger partial charge in [-0.1, -0.05) is 28.8 Å². The maximum Gasteiger partial charge on any atom is 0.573 e. The molecule has 0 bridgehead atoms. The normalized spacial score (nSPS) is 17.6. The van der Waals surface area contributed by atoms with E-state index in [1.807, 2.05) is 0 Å². The van der Waals surface area contributed by atoms with Gasteiger partial charge in [-0.05, 0) is 36.1 Å². The molecule has 0 aromatic heterocycles. The summed E-state index contributed by atoms with van der Waals surface area (Å²) in [5, 5.41) is 0. The summed E-state index contributed by atoms with van der Waals surface area (Å²) in [7, 11) is 0. The van der Waals surface area contributed by atoms with Gasteiger partial charge in [-0.3, -0.25) is 0 Å². The van der Waals surface area contributed by atoms with Crippen LogP contribution in [-0.4, -0.2) is 6.36 Å². The molecule has 1 aromatic rings. The summed E-state index contributed by atoms with van der Waals surface area (Å²) in [6.07, 6.45) is -1.55. The fraction of sp³-hybridized carbons (Fsp3) is 0.500. The fourth-order valence-electron chi connectivity index (χ4n) is 1.84. The second-order valence-electron chi connectivity index (χ2n) is 4.55. The highest BCUT2D eigenvalue weighted by molar-refractivity contribution is 9.10. The van der Waals surface area contributed by atoms with Crippen molar-refractivity contribution in [3.05, 3.63) is 28.2 Å². The van der Waals surface area contributed by atoms with Gasteiger partial charge in [0.1, 0.15) is 5.75 Å². The van der Waals surface area contributed by atoms with Crippen molar-refractivity contribution in [2.45, 2.75) is 31.7 Å². The zero-order valence-electron chi connectivity index (χ0n) is 9.51. The van der Waals surface area contributed by atoms with Crippen LogP contribution in [0.15, 0.2) is 22.7 Å². The number of benzene rings is 1. The SMILES string of the molecule is N[C@@H](CC1CC1)c1cc(Br)cc(OC(F)(F)F)c1. The Morgan fingerprint density at radius 2 is 2.00 bits per heavy atom. The zero-order valence-corrected chi connectivity index (χ0v) is 11.1. The Hall–Kier alpha value is -0.750. The highest BCUT2D eigenvalue weighted by atomic mass is 79.9. The van der Waals surface area contributed by atoms with Crippen LogP contribution in [-0.2, 0) is 0 Å². The number of alkyl halides is 3. The van der Waals surface area contributed by atoms with E-state index in [9.17, 15) is 13.2 Å². The predicted molar refractivity (Wildman–Crippen MR) is 65.1 cm³/mol. The maximum atomic E-state index is 12.2. The molecule has 0 heterocycles. The fourth-order valence-corrected chi connectivity index (χ4v) is 2.33. The van der Waals surface area contributed by atoms with Crippen LogP contribution in [0.1, 0.15) is 30.9 Å². The molecule has 1 aliphatic carbocycles. The molecule has 1 saturated carbocycles. The highest BCUT2D eigenvalue weighted by Crippen LogP contribution is 2.38. The summed E-state index contributed by atoms with van der Waals surface area (Å²) < 4.78 is 40.9. The number of hydrogen-bond donors (Lipinski definition) is 1. The van der Waals surface area contributed by atoms with E-state index in [2.05, 4.69) is 20.7 Å². The average molecular weight is 324 g/mol. The van der Waals surface area contributed by atoms with Gasteiger partial charge in [0.25, 0.3) is 0 Å². The Kier molecular flexibility index (Phi) is 3.87. The number of rotatable bonds is 4. The van der Waals surface area contributed by atoms with Crippen molar-refractivity contribution in [2.75, 3.05) is 0 Å². The smallest absolute Gasteiger partial charge is 0.406 e. The number of hydrogen-bond acceptors (Lipinski definition) is 2. The lowest BCUT2D eigenvalue weighted by atomic mass is 10.0. The van der Waals surface area contributed by atoms with Crippen molar-refractivity contribution in [2.24, 2.45) is 11.7 Å². The molecule has 2 N–H and O–H groups in total. The summed E-state index contributed by atoms with van der Waals surface area (Å²) in [6.45, 7) is 0. The summed E-state index contributed by atoms with van der Waals surface area (Å²) in [4.78, 5) is 0. The van der Waals surface area contributed by atoms with Gasteiger partial charge >= 0.3 is 6.36 Å². The quantitative estimate of drug-likeness (QED) is 0.903. The van der Waals surface area contributed by atoms with Crippen LogP contribution < -0.4 is 10.5 Å². The molecule has 0 unspecified atom stereocenters. The van der Waals surface area contributed by atoms with Crippen molar-refractivity contribution in [3.8, 4) is 5.75 Å². The van der Waals surface area contributed by atoms with E-state index >= 15 is 0 Å². The van der Waals surface area contributed by atoms with E-state index in [4.69, 9.17) is 5.73 Å². The molecular formula is C12H13BrF3NO. The largest absolute Gasteiger partial charge is 0.573 e. The monoisotopic (exact) mass is 323 g/mol. The van der Waals surface area contributed by atoms with E-state index in [-0.39, 0.29) is 11.8 Å². The molecule has 0 saturated heterocycles. The lowest BCUT2D eigenvalue weighted by Gasteiger charge is -2.15. The van der Waals surface area contributed by atoms with Crippen molar-refractivity contribution in [1.82, 2.24) is 0 Å². The summed E-state index contributed by atoms with van der Waals surface area (Å²) in [5.74, 6) is 0.379. The van der Waals surface area contributed by atoms with Crippen LogP contribution in [0.5, 0.6) is 5.75 Å². The van der Waals surface area contributed by atoms with Crippen LogP contribution in [0.2, 0.25) is 0 Å². The Morgan fingerprint density at radius 3 is 2.56 bits per heavy atom. The first-order chi connectivity index (χ1) is 8.33. The first-order valence-electron chi connectivity index (χ1n) is 5.65. The van der Waals surface area contributed by atoms with E-state index in [0.717, 1.165) is 19.3 Å². The molecule has 6 heteroatoms. The van der Waals surface area contributed by atoms with Gasteiger partial charge in [0.15, 0.2) is 0 Å². The standard InChI is InChI=1S/C12H13BrF3NO/c13-9-4-8(11(17)3-7-1-2-7)5-10(6-9)18-12(14,15)16/h4-7,11H,1-3,17H2/t11-/m0/s1. The Balaban J connectivity index is 2.14. The predicted octanol–water partition coefficient (Wildman–Crippen LogP) is 4.15. The molecule has 2 nitrogen and oxygen atoms in total. The van der Waals surface area contributed by atoms with Gasteiger partial charge in [-0.15, -0.1) is 13.2 Å². The zero-order chi connectivity index (χ0) is 13.3. The topological polar surface area (TPSA) is 35.2 Å². The molecule has 1 aliphatic rings. The molecule has 18 heavy (non-hydrogen) atoms. The van der Waals surface area contributed by atoms with Crippen molar-refractivity contribution in [1.29, 1.82) is 0 Å². The van der Waals surface area contributed by atoms with Gasteiger partial charge < -0.3 is 10.5 Å². The van der Waals surface area contributed by atoms with Gasteiger partial charge in [-0.25, -0.2) is 0 Å². The van der Waals surface area contributed by atoms with Gasteiger partial charge in [0.2, 0.25) is 0 Å². The Morgan fingerprint density at radius 1 is 1.33 bits per heavy atom. The molecule has 100 valence electrons. The van der Waals surface area contributed by atoms with Crippen molar-refractivity contribution < 1.29 is 17.9 Å². The van der Waals surface area contributed by atoms with Gasteiger partial charge in [0, 0.05) is 10.5 Å². The summed E-state index contributed by atoms with van der Waals surface area (Å²) >= 11 is 3.17. The van der Waals surface area contributed by atoms with E-state index in [0.29, 0.717) is 16.0 Å². The van der Waals surface area contributed by atoms with Crippen LogP contribution >= 0.6 is 15.9 Å².